The van der Waals surface area contributed by atoms with Crippen LogP contribution in [0.15, 0.2) is 53.7 Å². The standard InChI is InChI=1S/C25H31N5O4S2/c1-5-30-23(21(14-15-35-4)27-24(32)17-6-10-19(33-2)11-7-17)28-29-25(30)36-16-22(31)26-18-8-12-20(34-3)13-9-18/h6-13,21H,5,14-16H2,1-4H3,(H,26,31)(H,27,32)/t21-/m0/s1. The minimum absolute atomic E-state index is 0.149. The van der Waals surface area contributed by atoms with Gasteiger partial charge in [0.2, 0.25) is 5.91 Å². The lowest BCUT2D eigenvalue weighted by molar-refractivity contribution is -0.113. The largest absolute Gasteiger partial charge is 0.497 e. The molecule has 9 nitrogen and oxygen atoms in total. The number of anilines is 1. The van der Waals surface area contributed by atoms with Gasteiger partial charge in [-0.05, 0) is 73.9 Å². The van der Waals surface area contributed by atoms with Crippen molar-refractivity contribution in [2.24, 2.45) is 0 Å². The van der Waals surface area contributed by atoms with Crippen LogP contribution in [0.3, 0.4) is 0 Å². The maximum atomic E-state index is 12.9. The molecule has 0 fully saturated rings. The number of hydrogen-bond acceptors (Lipinski definition) is 8. The molecule has 0 spiro atoms. The van der Waals surface area contributed by atoms with Crippen LogP contribution in [-0.4, -0.2) is 58.6 Å². The van der Waals surface area contributed by atoms with Gasteiger partial charge in [0.1, 0.15) is 11.5 Å². The summed E-state index contributed by atoms with van der Waals surface area (Å²) in [6.45, 7) is 2.60. The number of ether oxygens (including phenoxy) is 2. The van der Waals surface area contributed by atoms with E-state index in [1.807, 2.05) is 17.7 Å². The van der Waals surface area contributed by atoms with Crippen molar-refractivity contribution in [1.29, 1.82) is 0 Å². The highest BCUT2D eigenvalue weighted by molar-refractivity contribution is 7.99. The fourth-order valence-corrected chi connectivity index (χ4v) is 4.73. The molecular weight excluding hydrogens is 498 g/mol. The van der Waals surface area contributed by atoms with E-state index in [-0.39, 0.29) is 23.6 Å². The van der Waals surface area contributed by atoms with Crippen LogP contribution >= 0.6 is 23.5 Å². The van der Waals surface area contributed by atoms with Crippen LogP contribution in [0.2, 0.25) is 0 Å². The van der Waals surface area contributed by atoms with Crippen LogP contribution in [0.25, 0.3) is 0 Å². The van der Waals surface area contributed by atoms with Crippen molar-refractivity contribution in [3.63, 3.8) is 0 Å². The molecule has 1 aromatic heterocycles. The lowest BCUT2D eigenvalue weighted by atomic mass is 10.1. The van der Waals surface area contributed by atoms with Crippen LogP contribution in [0, 0.1) is 0 Å². The van der Waals surface area contributed by atoms with Gasteiger partial charge in [-0.1, -0.05) is 11.8 Å². The number of benzene rings is 2. The average Bonchev–Trinajstić information content (AvgIpc) is 3.33. The van der Waals surface area contributed by atoms with Gasteiger partial charge in [-0.25, -0.2) is 0 Å². The van der Waals surface area contributed by atoms with Gasteiger partial charge in [-0.15, -0.1) is 10.2 Å². The molecule has 11 heteroatoms. The molecule has 0 aliphatic heterocycles. The lowest BCUT2D eigenvalue weighted by Crippen LogP contribution is -2.31. The Bertz CT molecular complexity index is 1140. The zero-order valence-electron chi connectivity index (χ0n) is 20.8. The second-order valence-corrected chi connectivity index (χ2v) is 9.61. The van der Waals surface area contributed by atoms with Crippen LogP contribution in [0.5, 0.6) is 11.5 Å². The Labute approximate surface area is 219 Å². The van der Waals surface area contributed by atoms with Gasteiger partial charge < -0.3 is 24.7 Å². The van der Waals surface area contributed by atoms with Gasteiger partial charge in [-0.2, -0.15) is 11.8 Å². The number of carbonyl (C=O) groups is 2. The van der Waals surface area contributed by atoms with Crippen molar-refractivity contribution >= 4 is 41.0 Å². The Balaban J connectivity index is 1.68. The van der Waals surface area contributed by atoms with Crippen molar-refractivity contribution in [2.75, 3.05) is 37.3 Å². The first-order valence-electron chi connectivity index (χ1n) is 11.4. The molecule has 0 aliphatic rings. The van der Waals surface area contributed by atoms with E-state index < -0.39 is 0 Å². The molecule has 0 aliphatic carbocycles. The first kappa shape index (κ1) is 27.4. The molecule has 192 valence electrons. The summed E-state index contributed by atoms with van der Waals surface area (Å²) >= 11 is 3.01. The van der Waals surface area contributed by atoms with Gasteiger partial charge >= 0.3 is 0 Å². The summed E-state index contributed by atoms with van der Waals surface area (Å²) < 4.78 is 12.3. The highest BCUT2D eigenvalue weighted by Crippen LogP contribution is 2.24. The number of carbonyl (C=O) groups excluding carboxylic acids is 2. The molecule has 2 aromatic carbocycles. The third-order valence-electron chi connectivity index (χ3n) is 5.35. The van der Waals surface area contributed by atoms with Gasteiger partial charge in [0.05, 0.1) is 26.0 Å². The third kappa shape index (κ3) is 7.41. The van der Waals surface area contributed by atoms with E-state index in [9.17, 15) is 9.59 Å². The molecule has 1 atom stereocenters. The Kier molecular flexibility index (Phi) is 10.5. The summed E-state index contributed by atoms with van der Waals surface area (Å²) in [4.78, 5) is 25.4. The summed E-state index contributed by atoms with van der Waals surface area (Å²) in [5.41, 5.74) is 1.23. The molecule has 0 unspecified atom stereocenters. The van der Waals surface area contributed by atoms with Gasteiger partial charge in [0.15, 0.2) is 11.0 Å². The molecule has 3 aromatic rings. The number of hydrogen-bond donors (Lipinski definition) is 2. The molecule has 0 radical (unpaired) electrons. The topological polar surface area (TPSA) is 107 Å². The second kappa shape index (κ2) is 13.8. The monoisotopic (exact) mass is 529 g/mol. The first-order valence-corrected chi connectivity index (χ1v) is 13.8. The van der Waals surface area contributed by atoms with E-state index in [0.717, 1.165) is 11.5 Å². The van der Waals surface area contributed by atoms with Crippen LogP contribution in [0.4, 0.5) is 5.69 Å². The molecule has 2 amide bonds. The van der Waals surface area contributed by atoms with Crippen LogP contribution < -0.4 is 20.1 Å². The summed E-state index contributed by atoms with van der Waals surface area (Å²) in [6.07, 6.45) is 2.72. The maximum Gasteiger partial charge on any atom is 0.251 e. The fourth-order valence-electron chi connectivity index (χ4n) is 3.45. The highest BCUT2D eigenvalue weighted by Gasteiger charge is 2.23. The van der Waals surface area contributed by atoms with Crippen molar-refractivity contribution in [2.45, 2.75) is 31.1 Å². The zero-order valence-corrected chi connectivity index (χ0v) is 22.4. The van der Waals surface area contributed by atoms with E-state index in [4.69, 9.17) is 9.47 Å². The number of nitrogens with zero attached hydrogens (tertiary/aromatic N) is 3. The molecule has 0 bridgehead atoms. The first-order chi connectivity index (χ1) is 17.5. The lowest BCUT2D eigenvalue weighted by Gasteiger charge is -2.19. The van der Waals surface area contributed by atoms with Crippen molar-refractivity contribution in [1.82, 2.24) is 20.1 Å². The number of rotatable bonds is 13. The minimum Gasteiger partial charge on any atom is -0.497 e. The minimum atomic E-state index is -0.318. The molecule has 0 saturated carbocycles. The number of methoxy groups -OCH3 is 2. The van der Waals surface area contributed by atoms with E-state index in [1.165, 1.54) is 11.8 Å². The van der Waals surface area contributed by atoms with Gasteiger partial charge in [0, 0.05) is 17.8 Å². The number of aromatic nitrogens is 3. The number of thioether (sulfide) groups is 2. The summed E-state index contributed by atoms with van der Waals surface area (Å²) in [7, 11) is 3.18. The zero-order chi connectivity index (χ0) is 25.9. The summed E-state index contributed by atoms with van der Waals surface area (Å²) in [5.74, 6) is 2.77. The summed E-state index contributed by atoms with van der Waals surface area (Å²) in [6, 6.07) is 13.8. The molecule has 2 N–H and O–H groups in total. The quantitative estimate of drug-likeness (QED) is 0.316. The Hall–Kier alpha value is -3.18. The van der Waals surface area contributed by atoms with E-state index >= 15 is 0 Å². The Morgan fingerprint density at radius 3 is 2.22 bits per heavy atom. The van der Waals surface area contributed by atoms with Gasteiger partial charge in [0.25, 0.3) is 5.91 Å². The SMILES string of the molecule is CCn1c(SCC(=O)Nc2ccc(OC)cc2)nnc1[C@H](CCSC)NC(=O)c1ccc(OC)cc1. The van der Waals surface area contributed by atoms with Gasteiger partial charge in [-0.3, -0.25) is 9.59 Å². The molecular formula is C25H31N5O4S2. The predicted octanol–water partition coefficient (Wildman–Crippen LogP) is 4.27. The van der Waals surface area contributed by atoms with Crippen molar-refractivity contribution in [3.05, 3.63) is 59.9 Å². The number of amides is 2. The number of nitrogens with one attached hydrogen (secondary N) is 2. The molecule has 1 heterocycles. The third-order valence-corrected chi connectivity index (χ3v) is 6.96. The maximum absolute atomic E-state index is 12.9. The highest BCUT2D eigenvalue weighted by atomic mass is 32.2. The Morgan fingerprint density at radius 1 is 1.00 bits per heavy atom. The second-order valence-electron chi connectivity index (χ2n) is 7.69. The summed E-state index contributed by atoms with van der Waals surface area (Å²) in [5, 5.41) is 15.3. The molecule has 3 rings (SSSR count). The Morgan fingerprint density at radius 2 is 1.64 bits per heavy atom. The average molecular weight is 530 g/mol. The predicted molar refractivity (Wildman–Crippen MR) is 144 cm³/mol. The van der Waals surface area contributed by atoms with Crippen molar-refractivity contribution in [3.8, 4) is 11.5 Å². The van der Waals surface area contributed by atoms with Crippen LogP contribution in [0.1, 0.15) is 35.6 Å². The normalized spacial score (nSPS) is 11.6. The molecule has 36 heavy (non-hydrogen) atoms. The van der Waals surface area contributed by atoms with Crippen molar-refractivity contribution < 1.29 is 19.1 Å². The molecule has 0 saturated heterocycles. The van der Waals surface area contributed by atoms with E-state index in [1.54, 1.807) is 74.5 Å². The fraction of sp³-hybridized carbons (Fsp3) is 0.360. The smallest absolute Gasteiger partial charge is 0.251 e. The van der Waals surface area contributed by atoms with E-state index in [0.29, 0.717) is 40.9 Å². The van der Waals surface area contributed by atoms with E-state index in [2.05, 4.69) is 20.8 Å². The van der Waals surface area contributed by atoms with Crippen LogP contribution in [-0.2, 0) is 11.3 Å².